The molecule has 6 heteroatoms. The minimum atomic E-state index is -0.534. The van der Waals surface area contributed by atoms with E-state index in [1.54, 1.807) is 19.3 Å². The van der Waals surface area contributed by atoms with E-state index in [2.05, 4.69) is 17.5 Å². The molecule has 0 fully saturated rings. The van der Waals surface area contributed by atoms with Crippen molar-refractivity contribution in [2.24, 2.45) is 12.1 Å². The molecule has 0 aliphatic rings. The minimum absolute atomic E-state index is 0.0537. The third-order valence-corrected chi connectivity index (χ3v) is 3.64. The summed E-state index contributed by atoms with van der Waals surface area (Å²) < 4.78 is 6.98. The van der Waals surface area contributed by atoms with Gasteiger partial charge in [-0.3, -0.25) is 9.59 Å². The second kappa shape index (κ2) is 9.42. The largest absolute Gasteiger partial charge is 0.494 e. The molecule has 25 heavy (non-hydrogen) atoms. The van der Waals surface area contributed by atoms with E-state index in [0.717, 1.165) is 24.2 Å². The average Bonchev–Trinajstić information content (AvgIpc) is 2.62. The molecular formula is C19H23N3O3. The van der Waals surface area contributed by atoms with Crippen LogP contribution in [0.5, 0.6) is 5.75 Å². The van der Waals surface area contributed by atoms with Gasteiger partial charge in [0.25, 0.3) is 11.5 Å². The minimum Gasteiger partial charge on any atom is -0.494 e. The molecule has 0 spiro atoms. The lowest BCUT2D eigenvalue weighted by Crippen LogP contribution is -2.29. The summed E-state index contributed by atoms with van der Waals surface area (Å²) in [5, 5.41) is 3.89. The Hall–Kier alpha value is -2.89. The van der Waals surface area contributed by atoms with Crippen LogP contribution in [0.25, 0.3) is 0 Å². The number of carbonyl (C=O) groups excluding carboxylic acids is 1. The SMILES string of the molecule is CCCCCOc1ccc(/C=N\NC(=O)c2cccn(C)c2=O)cc1. The summed E-state index contributed by atoms with van der Waals surface area (Å²) in [5.41, 5.74) is 2.88. The van der Waals surface area contributed by atoms with E-state index in [1.165, 1.54) is 23.3 Å². The molecule has 0 radical (unpaired) electrons. The fourth-order valence-corrected chi connectivity index (χ4v) is 2.19. The van der Waals surface area contributed by atoms with E-state index in [0.29, 0.717) is 6.61 Å². The summed E-state index contributed by atoms with van der Waals surface area (Å²) >= 11 is 0. The molecule has 0 aliphatic heterocycles. The average molecular weight is 341 g/mol. The highest BCUT2D eigenvalue weighted by Crippen LogP contribution is 2.11. The number of nitrogens with zero attached hydrogens (tertiary/aromatic N) is 2. The fourth-order valence-electron chi connectivity index (χ4n) is 2.19. The van der Waals surface area contributed by atoms with Crippen LogP contribution in [-0.2, 0) is 7.05 Å². The van der Waals surface area contributed by atoms with Gasteiger partial charge in [-0.25, -0.2) is 5.43 Å². The number of amides is 1. The predicted octanol–water partition coefficient (Wildman–Crippen LogP) is 2.72. The normalized spacial score (nSPS) is 10.8. The van der Waals surface area contributed by atoms with Gasteiger partial charge in [-0.2, -0.15) is 5.10 Å². The molecule has 1 heterocycles. The van der Waals surface area contributed by atoms with Crippen molar-refractivity contribution in [2.45, 2.75) is 26.2 Å². The maximum absolute atomic E-state index is 12.0. The maximum Gasteiger partial charge on any atom is 0.276 e. The van der Waals surface area contributed by atoms with Gasteiger partial charge in [0.2, 0.25) is 0 Å². The van der Waals surface area contributed by atoms with E-state index in [-0.39, 0.29) is 11.1 Å². The number of hydrazone groups is 1. The molecule has 0 saturated carbocycles. The number of aryl methyl sites for hydroxylation is 1. The fraction of sp³-hybridized carbons (Fsp3) is 0.316. The molecule has 0 bridgehead atoms. The van der Waals surface area contributed by atoms with Crippen molar-refractivity contribution in [3.8, 4) is 5.75 Å². The molecule has 6 nitrogen and oxygen atoms in total. The van der Waals surface area contributed by atoms with E-state index < -0.39 is 5.91 Å². The molecule has 0 unspecified atom stereocenters. The van der Waals surface area contributed by atoms with E-state index >= 15 is 0 Å². The smallest absolute Gasteiger partial charge is 0.276 e. The Morgan fingerprint density at radius 2 is 2.00 bits per heavy atom. The van der Waals surface area contributed by atoms with Gasteiger partial charge in [0.05, 0.1) is 12.8 Å². The molecule has 1 amide bonds. The number of aromatic nitrogens is 1. The Balaban J connectivity index is 1.88. The molecular weight excluding hydrogens is 318 g/mol. The summed E-state index contributed by atoms with van der Waals surface area (Å²) in [7, 11) is 1.59. The van der Waals surface area contributed by atoms with Crippen molar-refractivity contribution in [1.82, 2.24) is 9.99 Å². The van der Waals surface area contributed by atoms with Crippen molar-refractivity contribution in [1.29, 1.82) is 0 Å². The van der Waals surface area contributed by atoms with Crippen molar-refractivity contribution in [3.05, 3.63) is 64.1 Å². The molecule has 132 valence electrons. The van der Waals surface area contributed by atoms with Gasteiger partial charge in [-0.15, -0.1) is 0 Å². The van der Waals surface area contributed by atoms with Gasteiger partial charge in [-0.1, -0.05) is 19.8 Å². The lowest BCUT2D eigenvalue weighted by atomic mass is 10.2. The summed E-state index contributed by atoms with van der Waals surface area (Å²) in [6.07, 6.45) is 6.49. The van der Waals surface area contributed by atoms with Crippen LogP contribution in [0.3, 0.4) is 0 Å². The molecule has 2 aromatic rings. The quantitative estimate of drug-likeness (QED) is 0.456. The zero-order valence-corrected chi connectivity index (χ0v) is 14.6. The first-order chi connectivity index (χ1) is 12.1. The molecule has 1 N–H and O–H groups in total. The topological polar surface area (TPSA) is 72.7 Å². The number of hydrogen-bond donors (Lipinski definition) is 1. The third-order valence-electron chi connectivity index (χ3n) is 3.64. The molecule has 1 aromatic carbocycles. The number of ether oxygens (including phenoxy) is 1. The molecule has 2 rings (SSSR count). The van der Waals surface area contributed by atoms with E-state index in [9.17, 15) is 9.59 Å². The summed E-state index contributed by atoms with van der Waals surface area (Å²) in [6, 6.07) is 10.5. The van der Waals surface area contributed by atoms with Crippen LogP contribution in [-0.4, -0.2) is 23.3 Å². The Morgan fingerprint density at radius 3 is 2.72 bits per heavy atom. The van der Waals surface area contributed by atoms with Crippen molar-refractivity contribution >= 4 is 12.1 Å². The van der Waals surface area contributed by atoms with Crippen LogP contribution in [0.2, 0.25) is 0 Å². The Labute approximate surface area is 147 Å². The second-order valence-corrected chi connectivity index (χ2v) is 5.66. The third kappa shape index (κ3) is 5.60. The predicted molar refractivity (Wildman–Crippen MR) is 98.2 cm³/mol. The first-order valence-electron chi connectivity index (χ1n) is 8.33. The number of nitrogens with one attached hydrogen (secondary N) is 1. The first kappa shape index (κ1) is 18.4. The van der Waals surface area contributed by atoms with Crippen molar-refractivity contribution in [2.75, 3.05) is 6.61 Å². The highest BCUT2D eigenvalue weighted by Gasteiger charge is 2.09. The lowest BCUT2D eigenvalue weighted by molar-refractivity contribution is 0.0953. The molecule has 1 aromatic heterocycles. The zero-order chi connectivity index (χ0) is 18.1. The summed E-state index contributed by atoms with van der Waals surface area (Å²) in [6.45, 7) is 2.87. The zero-order valence-electron chi connectivity index (χ0n) is 14.6. The monoisotopic (exact) mass is 341 g/mol. The molecule has 0 atom stereocenters. The Morgan fingerprint density at radius 1 is 1.24 bits per heavy atom. The van der Waals surface area contributed by atoms with Gasteiger partial charge in [0, 0.05) is 13.2 Å². The number of unbranched alkanes of at least 4 members (excludes halogenated alkanes) is 2. The highest BCUT2D eigenvalue weighted by atomic mass is 16.5. The number of rotatable bonds is 8. The second-order valence-electron chi connectivity index (χ2n) is 5.66. The lowest BCUT2D eigenvalue weighted by Gasteiger charge is -2.05. The summed E-state index contributed by atoms with van der Waals surface area (Å²) in [4.78, 5) is 23.8. The van der Waals surface area contributed by atoms with Crippen molar-refractivity contribution < 1.29 is 9.53 Å². The Kier molecular flexibility index (Phi) is 6.95. The number of pyridine rings is 1. The van der Waals surface area contributed by atoms with Gasteiger partial charge in [0.1, 0.15) is 11.3 Å². The van der Waals surface area contributed by atoms with Gasteiger partial charge in [0.15, 0.2) is 0 Å². The van der Waals surface area contributed by atoms with Crippen LogP contribution < -0.4 is 15.7 Å². The highest BCUT2D eigenvalue weighted by molar-refractivity contribution is 5.94. The Bertz CT molecular complexity index is 779. The van der Waals surface area contributed by atoms with E-state index in [1.807, 2.05) is 24.3 Å². The van der Waals surface area contributed by atoms with Crippen LogP contribution in [0.1, 0.15) is 42.1 Å². The van der Waals surface area contributed by atoms with Gasteiger partial charge in [-0.05, 0) is 48.4 Å². The van der Waals surface area contributed by atoms with Crippen molar-refractivity contribution in [3.63, 3.8) is 0 Å². The summed E-state index contributed by atoms with van der Waals surface area (Å²) in [5.74, 6) is 0.276. The van der Waals surface area contributed by atoms with E-state index in [4.69, 9.17) is 4.74 Å². The van der Waals surface area contributed by atoms with Gasteiger partial charge < -0.3 is 9.30 Å². The number of hydrogen-bond acceptors (Lipinski definition) is 4. The maximum atomic E-state index is 12.0. The molecule has 0 saturated heterocycles. The van der Waals surface area contributed by atoms with Gasteiger partial charge >= 0.3 is 0 Å². The van der Waals surface area contributed by atoms with Crippen LogP contribution in [0.4, 0.5) is 0 Å². The first-order valence-corrected chi connectivity index (χ1v) is 8.33. The number of benzene rings is 1. The molecule has 0 aliphatic carbocycles. The van der Waals surface area contributed by atoms with Crippen LogP contribution in [0, 0.1) is 0 Å². The van der Waals surface area contributed by atoms with Crippen LogP contribution in [0.15, 0.2) is 52.5 Å². The standard InChI is InChI=1S/C19H23N3O3/c1-3-4-5-13-25-16-10-8-15(9-11-16)14-20-21-18(23)17-7-6-12-22(2)19(17)24/h6-12,14H,3-5,13H2,1-2H3,(H,21,23)/b20-14-. The van der Waals surface area contributed by atoms with Crippen LogP contribution >= 0.6 is 0 Å². The number of carbonyl (C=O) groups is 1.